The van der Waals surface area contributed by atoms with E-state index in [1.165, 1.54) is 12.4 Å². The summed E-state index contributed by atoms with van der Waals surface area (Å²) >= 11 is 1.15. The molecule has 0 aliphatic rings. The van der Waals surface area contributed by atoms with Crippen molar-refractivity contribution in [1.29, 1.82) is 0 Å². The molecule has 2 aromatic heterocycles. The molecule has 2 aromatic rings. The van der Waals surface area contributed by atoms with Crippen molar-refractivity contribution >= 4 is 28.8 Å². The number of aromatic nitrogens is 4. The van der Waals surface area contributed by atoms with E-state index in [4.69, 9.17) is 5.73 Å². The Morgan fingerprint density at radius 2 is 2.10 bits per heavy atom. The van der Waals surface area contributed by atoms with Crippen LogP contribution < -0.4 is 11.3 Å². The Bertz CT molecular complexity index is 713. The van der Waals surface area contributed by atoms with Gasteiger partial charge < -0.3 is 5.73 Å². The number of hydrogen-bond donors (Lipinski definition) is 1. The van der Waals surface area contributed by atoms with E-state index in [1.807, 2.05) is 0 Å². The molecule has 0 saturated heterocycles. The quantitative estimate of drug-likeness (QED) is 0.625. The Balaban J connectivity index is 2.48. The van der Waals surface area contributed by atoms with Crippen LogP contribution in [-0.2, 0) is 11.3 Å². The first-order chi connectivity index (χ1) is 9.99. The summed E-state index contributed by atoms with van der Waals surface area (Å²) in [5.74, 6) is 0.0622. The summed E-state index contributed by atoms with van der Waals surface area (Å²) in [4.78, 5) is 35.9. The molecular formula is C13H17N5O2S. The Morgan fingerprint density at radius 1 is 1.38 bits per heavy atom. The predicted molar refractivity (Wildman–Crippen MR) is 81.0 cm³/mol. The van der Waals surface area contributed by atoms with Crippen LogP contribution in [0.15, 0.2) is 22.3 Å². The van der Waals surface area contributed by atoms with Crippen LogP contribution >= 0.6 is 11.8 Å². The van der Waals surface area contributed by atoms with Gasteiger partial charge in [0.2, 0.25) is 5.91 Å². The maximum Gasteiger partial charge on any atom is 0.282 e. The van der Waals surface area contributed by atoms with Gasteiger partial charge in [0.1, 0.15) is 0 Å². The number of hydrogen-bond acceptors (Lipinski definition) is 6. The third-order valence-corrected chi connectivity index (χ3v) is 3.83. The minimum absolute atomic E-state index is 0.0693. The van der Waals surface area contributed by atoms with E-state index in [0.29, 0.717) is 17.6 Å². The number of thioether (sulfide) groups is 1. The van der Waals surface area contributed by atoms with Gasteiger partial charge in [-0.05, 0) is 12.3 Å². The lowest BCUT2D eigenvalue weighted by Gasteiger charge is -2.12. The molecule has 0 radical (unpaired) electrons. The molecule has 0 unspecified atom stereocenters. The standard InChI is InChI=1S/C13H17N5O2S/c1-8(2)3-6-18-12(20)10-11(16-5-4-15-10)17-13(18)21-7-9(14)19/h4-5,8H,3,6-7H2,1-2H3,(H2,14,19). The van der Waals surface area contributed by atoms with Crippen LogP contribution in [0.3, 0.4) is 0 Å². The molecule has 0 aromatic carbocycles. The molecule has 0 saturated carbocycles. The van der Waals surface area contributed by atoms with Gasteiger partial charge in [-0.3, -0.25) is 14.2 Å². The Hall–Kier alpha value is -1.96. The summed E-state index contributed by atoms with van der Waals surface area (Å²) in [5.41, 5.74) is 5.45. The highest BCUT2D eigenvalue weighted by Crippen LogP contribution is 2.16. The Labute approximate surface area is 126 Å². The lowest BCUT2D eigenvalue weighted by molar-refractivity contribution is -0.115. The van der Waals surface area contributed by atoms with Crippen LogP contribution in [0.5, 0.6) is 0 Å². The number of rotatable bonds is 6. The van der Waals surface area contributed by atoms with E-state index < -0.39 is 5.91 Å². The highest BCUT2D eigenvalue weighted by molar-refractivity contribution is 7.99. The summed E-state index contributed by atoms with van der Waals surface area (Å²) in [6.45, 7) is 4.68. The van der Waals surface area contributed by atoms with E-state index >= 15 is 0 Å². The highest BCUT2D eigenvalue weighted by atomic mass is 32.2. The van der Waals surface area contributed by atoms with Crippen molar-refractivity contribution in [2.24, 2.45) is 11.7 Å². The molecule has 8 heteroatoms. The van der Waals surface area contributed by atoms with Crippen molar-refractivity contribution in [3.8, 4) is 0 Å². The number of carbonyl (C=O) groups is 1. The van der Waals surface area contributed by atoms with Crippen molar-refractivity contribution < 1.29 is 4.79 Å². The van der Waals surface area contributed by atoms with Gasteiger partial charge in [-0.1, -0.05) is 25.6 Å². The first kappa shape index (κ1) is 15.4. The molecule has 1 amide bonds. The molecule has 0 atom stereocenters. The molecule has 7 nitrogen and oxygen atoms in total. The minimum atomic E-state index is -0.455. The fourth-order valence-electron chi connectivity index (χ4n) is 1.76. The maximum absolute atomic E-state index is 12.5. The molecule has 0 fully saturated rings. The average Bonchev–Trinajstić information content (AvgIpc) is 2.44. The number of primary amides is 1. The zero-order valence-corrected chi connectivity index (χ0v) is 12.8. The Morgan fingerprint density at radius 3 is 2.76 bits per heavy atom. The van der Waals surface area contributed by atoms with Gasteiger partial charge in [-0.25, -0.2) is 15.0 Å². The molecule has 0 aliphatic carbocycles. The van der Waals surface area contributed by atoms with Gasteiger partial charge in [0, 0.05) is 18.9 Å². The van der Waals surface area contributed by atoms with Crippen molar-refractivity contribution in [1.82, 2.24) is 19.5 Å². The van der Waals surface area contributed by atoms with Crippen LogP contribution in [0, 0.1) is 5.92 Å². The smallest absolute Gasteiger partial charge is 0.282 e. The fourth-order valence-corrected chi connectivity index (χ4v) is 2.51. The fraction of sp³-hybridized carbons (Fsp3) is 0.462. The number of nitrogens with two attached hydrogens (primary N) is 1. The minimum Gasteiger partial charge on any atom is -0.369 e. The monoisotopic (exact) mass is 307 g/mol. The van der Waals surface area contributed by atoms with E-state index in [1.54, 1.807) is 4.57 Å². The second kappa shape index (κ2) is 6.66. The number of amides is 1. The predicted octanol–water partition coefficient (Wildman–Crippen LogP) is 0.810. The topological polar surface area (TPSA) is 104 Å². The van der Waals surface area contributed by atoms with E-state index in [2.05, 4.69) is 28.8 Å². The molecule has 21 heavy (non-hydrogen) atoms. The van der Waals surface area contributed by atoms with Crippen LogP contribution in [0.1, 0.15) is 20.3 Å². The van der Waals surface area contributed by atoms with Crippen molar-refractivity contribution in [2.75, 3.05) is 5.75 Å². The average molecular weight is 307 g/mol. The highest BCUT2D eigenvalue weighted by Gasteiger charge is 2.14. The van der Waals surface area contributed by atoms with Gasteiger partial charge >= 0.3 is 0 Å². The molecule has 2 N–H and O–H groups in total. The molecular weight excluding hydrogens is 290 g/mol. The Kier molecular flexibility index (Phi) is 4.89. The van der Waals surface area contributed by atoms with Crippen LogP contribution in [0.25, 0.3) is 11.2 Å². The van der Waals surface area contributed by atoms with Crippen LogP contribution in [0.4, 0.5) is 0 Å². The van der Waals surface area contributed by atoms with E-state index in [0.717, 1.165) is 18.2 Å². The third-order valence-electron chi connectivity index (χ3n) is 2.83. The second-order valence-electron chi connectivity index (χ2n) is 5.02. The largest absolute Gasteiger partial charge is 0.369 e. The zero-order valence-electron chi connectivity index (χ0n) is 11.9. The lowest BCUT2D eigenvalue weighted by Crippen LogP contribution is -2.26. The summed E-state index contributed by atoms with van der Waals surface area (Å²) in [6.07, 6.45) is 3.78. The zero-order chi connectivity index (χ0) is 15.4. The number of fused-ring (bicyclic) bond motifs is 1. The second-order valence-corrected chi connectivity index (χ2v) is 5.96. The summed E-state index contributed by atoms with van der Waals surface area (Å²) in [5, 5.41) is 0.451. The molecule has 0 spiro atoms. The van der Waals surface area contributed by atoms with E-state index in [-0.39, 0.29) is 22.5 Å². The van der Waals surface area contributed by atoms with Crippen LogP contribution in [0.2, 0.25) is 0 Å². The number of carbonyl (C=O) groups excluding carboxylic acids is 1. The van der Waals surface area contributed by atoms with Crippen LogP contribution in [-0.4, -0.2) is 31.2 Å². The van der Waals surface area contributed by atoms with Gasteiger partial charge in [-0.15, -0.1) is 0 Å². The normalized spacial score (nSPS) is 11.2. The van der Waals surface area contributed by atoms with Gasteiger partial charge in [-0.2, -0.15) is 0 Å². The van der Waals surface area contributed by atoms with Gasteiger partial charge in [0.25, 0.3) is 5.56 Å². The third kappa shape index (κ3) is 3.78. The summed E-state index contributed by atoms with van der Waals surface area (Å²) < 4.78 is 1.55. The SMILES string of the molecule is CC(C)CCn1c(SCC(N)=O)nc2nccnc2c1=O. The molecule has 0 aliphatic heterocycles. The summed E-state index contributed by atoms with van der Waals surface area (Å²) in [7, 11) is 0. The van der Waals surface area contributed by atoms with Gasteiger partial charge in [0.15, 0.2) is 16.3 Å². The van der Waals surface area contributed by atoms with Crippen molar-refractivity contribution in [3.63, 3.8) is 0 Å². The first-order valence-electron chi connectivity index (χ1n) is 6.61. The first-order valence-corrected chi connectivity index (χ1v) is 7.60. The lowest BCUT2D eigenvalue weighted by atomic mass is 10.1. The summed E-state index contributed by atoms with van der Waals surface area (Å²) in [6, 6.07) is 0. The maximum atomic E-state index is 12.5. The number of nitrogens with zero attached hydrogens (tertiary/aromatic N) is 4. The molecule has 2 heterocycles. The van der Waals surface area contributed by atoms with Crippen molar-refractivity contribution in [2.45, 2.75) is 32.0 Å². The van der Waals surface area contributed by atoms with Gasteiger partial charge in [0.05, 0.1) is 5.75 Å². The molecule has 0 bridgehead atoms. The molecule has 2 rings (SSSR count). The van der Waals surface area contributed by atoms with Crippen molar-refractivity contribution in [3.05, 3.63) is 22.7 Å². The van der Waals surface area contributed by atoms with E-state index in [9.17, 15) is 9.59 Å². The molecule has 112 valence electrons.